The summed E-state index contributed by atoms with van der Waals surface area (Å²) in [5, 5.41) is 3.34. The van der Waals surface area contributed by atoms with Crippen LogP contribution in [0.1, 0.15) is 43.5 Å². The van der Waals surface area contributed by atoms with Crippen LogP contribution in [0.15, 0.2) is 24.3 Å². The van der Waals surface area contributed by atoms with E-state index < -0.39 is 0 Å². The normalized spacial score (nSPS) is 22.4. The molecule has 1 aromatic rings. The van der Waals surface area contributed by atoms with Gasteiger partial charge in [0.05, 0.1) is 6.61 Å². The van der Waals surface area contributed by atoms with Crippen molar-refractivity contribution in [3.8, 4) is 5.75 Å². The summed E-state index contributed by atoms with van der Waals surface area (Å²) in [6.45, 7) is 6.46. The first-order valence-corrected chi connectivity index (χ1v) is 7.20. The minimum absolute atomic E-state index is 0.209. The molecule has 1 heterocycles. The lowest BCUT2D eigenvalue weighted by Gasteiger charge is -2.26. The van der Waals surface area contributed by atoms with E-state index >= 15 is 0 Å². The van der Waals surface area contributed by atoms with E-state index in [0.29, 0.717) is 6.61 Å². The van der Waals surface area contributed by atoms with Crippen molar-refractivity contribution in [2.24, 2.45) is 5.41 Å². The van der Waals surface area contributed by atoms with Gasteiger partial charge in [-0.1, -0.05) is 25.5 Å². The zero-order valence-corrected chi connectivity index (χ0v) is 11.9. The zero-order valence-electron chi connectivity index (χ0n) is 11.9. The van der Waals surface area contributed by atoms with E-state index in [2.05, 4.69) is 12.2 Å². The second kappa shape index (κ2) is 6.20. The first kappa shape index (κ1) is 14.1. The molecular formula is C16H23NO2. The molecule has 3 heteroatoms. The Morgan fingerprint density at radius 2 is 2.26 bits per heavy atom. The summed E-state index contributed by atoms with van der Waals surface area (Å²) in [6, 6.07) is 7.59. The topological polar surface area (TPSA) is 38.3 Å². The van der Waals surface area contributed by atoms with E-state index in [0.717, 1.165) is 43.7 Å². The van der Waals surface area contributed by atoms with Gasteiger partial charge >= 0.3 is 0 Å². The highest BCUT2D eigenvalue weighted by Crippen LogP contribution is 2.35. The first-order chi connectivity index (χ1) is 9.22. The lowest BCUT2D eigenvalue weighted by molar-refractivity contribution is 0.0801. The van der Waals surface area contributed by atoms with Crippen LogP contribution in [0.25, 0.3) is 0 Å². The molecule has 1 aromatic carbocycles. The molecule has 2 rings (SSSR count). The van der Waals surface area contributed by atoms with Gasteiger partial charge < -0.3 is 10.1 Å². The molecule has 0 amide bonds. The van der Waals surface area contributed by atoms with Crippen LogP contribution in [0, 0.1) is 5.41 Å². The Kier molecular flexibility index (Phi) is 4.59. The Labute approximate surface area is 115 Å². The smallest absolute Gasteiger partial charge is 0.170 e. The quantitative estimate of drug-likeness (QED) is 0.800. The van der Waals surface area contributed by atoms with Crippen LogP contribution in [0.5, 0.6) is 5.75 Å². The Morgan fingerprint density at radius 1 is 1.42 bits per heavy atom. The molecule has 0 spiro atoms. The predicted octanol–water partition coefficient (Wildman–Crippen LogP) is 3.05. The molecule has 1 atom stereocenters. The average Bonchev–Trinajstić information content (AvgIpc) is 2.89. The number of hydrogen-bond acceptors (Lipinski definition) is 3. The van der Waals surface area contributed by atoms with Crippen molar-refractivity contribution in [3.63, 3.8) is 0 Å². The molecule has 1 saturated heterocycles. The lowest BCUT2D eigenvalue weighted by Crippen LogP contribution is -2.33. The van der Waals surface area contributed by atoms with Gasteiger partial charge in [0.25, 0.3) is 0 Å². The maximum Gasteiger partial charge on any atom is 0.170 e. The van der Waals surface area contributed by atoms with Crippen molar-refractivity contribution >= 4 is 5.78 Å². The van der Waals surface area contributed by atoms with Crippen molar-refractivity contribution in [1.29, 1.82) is 0 Å². The zero-order chi connectivity index (χ0) is 13.7. The molecule has 1 N–H and O–H groups in total. The van der Waals surface area contributed by atoms with Gasteiger partial charge in [-0.05, 0) is 38.4 Å². The Hall–Kier alpha value is -1.35. The number of Topliss-reactive ketones (excluding diaryl/α,β-unsaturated/α-hetero) is 1. The maximum absolute atomic E-state index is 12.8. The fourth-order valence-corrected chi connectivity index (χ4v) is 2.94. The molecule has 0 aliphatic carbocycles. The standard InChI is InChI=1S/C16H23NO2/c1-3-8-16(9-10-17-12-16)15(18)13-6-5-7-14(11-13)19-4-2/h5-7,11,17H,3-4,8-10,12H2,1-2H3. The van der Waals surface area contributed by atoms with Crippen molar-refractivity contribution in [2.75, 3.05) is 19.7 Å². The third-order valence-electron chi connectivity index (χ3n) is 3.86. The SMILES string of the molecule is CCCC1(C(=O)c2cccc(OCC)c2)CCNC1. The molecule has 0 saturated carbocycles. The second-order valence-electron chi connectivity index (χ2n) is 5.25. The number of rotatable bonds is 6. The highest BCUT2D eigenvalue weighted by atomic mass is 16.5. The first-order valence-electron chi connectivity index (χ1n) is 7.20. The number of hydrogen-bond donors (Lipinski definition) is 1. The molecule has 19 heavy (non-hydrogen) atoms. The van der Waals surface area contributed by atoms with Gasteiger partial charge in [-0.3, -0.25) is 4.79 Å². The minimum Gasteiger partial charge on any atom is -0.494 e. The lowest BCUT2D eigenvalue weighted by atomic mass is 9.76. The predicted molar refractivity (Wildman–Crippen MR) is 76.8 cm³/mol. The van der Waals surface area contributed by atoms with Crippen molar-refractivity contribution in [2.45, 2.75) is 33.1 Å². The third kappa shape index (κ3) is 2.98. The van der Waals surface area contributed by atoms with Gasteiger partial charge in [0, 0.05) is 17.5 Å². The summed E-state index contributed by atoms with van der Waals surface area (Å²) < 4.78 is 5.48. The summed E-state index contributed by atoms with van der Waals surface area (Å²) in [4.78, 5) is 12.8. The highest BCUT2D eigenvalue weighted by molar-refractivity contribution is 6.01. The van der Waals surface area contributed by atoms with E-state index in [1.54, 1.807) is 0 Å². The molecule has 1 aliphatic heterocycles. The van der Waals surface area contributed by atoms with Crippen LogP contribution in [0.4, 0.5) is 0 Å². The molecule has 0 radical (unpaired) electrons. The molecular weight excluding hydrogens is 238 g/mol. The summed E-state index contributed by atoms with van der Waals surface area (Å²) in [5.41, 5.74) is 0.572. The van der Waals surface area contributed by atoms with Crippen molar-refractivity contribution in [1.82, 2.24) is 5.32 Å². The van der Waals surface area contributed by atoms with Gasteiger partial charge in [0.2, 0.25) is 0 Å². The van der Waals surface area contributed by atoms with Crippen LogP contribution in [0.3, 0.4) is 0 Å². The fraction of sp³-hybridized carbons (Fsp3) is 0.562. The molecule has 1 aliphatic rings. The highest BCUT2D eigenvalue weighted by Gasteiger charge is 2.40. The molecule has 1 fully saturated rings. The van der Waals surface area contributed by atoms with E-state index in [1.807, 2.05) is 31.2 Å². The van der Waals surface area contributed by atoms with Gasteiger partial charge in [0.15, 0.2) is 5.78 Å². The fourth-order valence-electron chi connectivity index (χ4n) is 2.94. The summed E-state index contributed by atoms with van der Waals surface area (Å²) in [6.07, 6.45) is 2.94. The van der Waals surface area contributed by atoms with Crippen LogP contribution in [-0.2, 0) is 0 Å². The number of ether oxygens (including phenoxy) is 1. The van der Waals surface area contributed by atoms with Gasteiger partial charge in [-0.2, -0.15) is 0 Å². The molecule has 3 nitrogen and oxygen atoms in total. The Bertz CT molecular complexity index is 436. The monoisotopic (exact) mass is 261 g/mol. The minimum atomic E-state index is -0.209. The number of benzene rings is 1. The van der Waals surface area contributed by atoms with E-state index in [-0.39, 0.29) is 11.2 Å². The summed E-state index contributed by atoms with van der Waals surface area (Å²) in [7, 11) is 0. The van der Waals surface area contributed by atoms with E-state index in [9.17, 15) is 4.79 Å². The molecule has 0 aromatic heterocycles. The van der Waals surface area contributed by atoms with Gasteiger partial charge in [-0.15, -0.1) is 0 Å². The van der Waals surface area contributed by atoms with Crippen molar-refractivity contribution < 1.29 is 9.53 Å². The molecule has 104 valence electrons. The van der Waals surface area contributed by atoms with E-state index in [4.69, 9.17) is 4.74 Å². The van der Waals surface area contributed by atoms with Crippen LogP contribution >= 0.6 is 0 Å². The Balaban J connectivity index is 2.24. The van der Waals surface area contributed by atoms with Gasteiger partial charge in [0.1, 0.15) is 5.75 Å². The number of ketones is 1. The van der Waals surface area contributed by atoms with Crippen LogP contribution in [-0.4, -0.2) is 25.5 Å². The molecule has 0 bridgehead atoms. The number of nitrogens with one attached hydrogen (secondary N) is 1. The van der Waals surface area contributed by atoms with Gasteiger partial charge in [-0.25, -0.2) is 0 Å². The summed E-state index contributed by atoms with van der Waals surface area (Å²) >= 11 is 0. The largest absolute Gasteiger partial charge is 0.494 e. The van der Waals surface area contributed by atoms with Crippen molar-refractivity contribution in [3.05, 3.63) is 29.8 Å². The summed E-state index contributed by atoms with van der Waals surface area (Å²) in [5.74, 6) is 1.05. The molecule has 1 unspecified atom stereocenters. The Morgan fingerprint density at radius 3 is 2.89 bits per heavy atom. The third-order valence-corrected chi connectivity index (χ3v) is 3.86. The average molecular weight is 261 g/mol. The number of carbonyl (C=O) groups is 1. The van der Waals surface area contributed by atoms with Crippen LogP contribution < -0.4 is 10.1 Å². The maximum atomic E-state index is 12.8. The second-order valence-corrected chi connectivity index (χ2v) is 5.25. The van der Waals surface area contributed by atoms with Crippen LogP contribution in [0.2, 0.25) is 0 Å². The number of carbonyl (C=O) groups excluding carboxylic acids is 1. The van der Waals surface area contributed by atoms with E-state index in [1.165, 1.54) is 0 Å².